The molecule has 3 amide bonds. The van der Waals surface area contributed by atoms with Crippen molar-refractivity contribution < 1.29 is 23.8 Å². The number of ether oxygens (including phenoxy) is 1. The number of urea groups is 1. The van der Waals surface area contributed by atoms with Crippen LogP contribution in [0.5, 0.6) is 0 Å². The minimum Gasteiger partial charge on any atom is -0.394 e. The van der Waals surface area contributed by atoms with E-state index in [1.165, 1.54) is 18.2 Å². The lowest BCUT2D eigenvalue weighted by Crippen LogP contribution is -2.50. The molecule has 158 valence electrons. The van der Waals surface area contributed by atoms with Crippen molar-refractivity contribution in [2.45, 2.75) is 31.2 Å². The average molecular weight is 413 g/mol. The van der Waals surface area contributed by atoms with Gasteiger partial charge in [0.25, 0.3) is 0 Å². The molecule has 1 aliphatic heterocycles. The van der Waals surface area contributed by atoms with E-state index in [-0.39, 0.29) is 24.6 Å². The first kappa shape index (κ1) is 21.5. The number of benzene rings is 2. The SMILES string of the molecule is O=C(C[C@H]1C=C[C@@H](NC(=O)Nc2ccccc2F)[C@H](CO)O1)NCc1ccccc1. The van der Waals surface area contributed by atoms with Gasteiger partial charge in [0.05, 0.1) is 30.9 Å². The largest absolute Gasteiger partial charge is 0.394 e. The Morgan fingerprint density at radius 1 is 1.03 bits per heavy atom. The van der Waals surface area contributed by atoms with Gasteiger partial charge in [-0.05, 0) is 17.7 Å². The fourth-order valence-corrected chi connectivity index (χ4v) is 3.06. The highest BCUT2D eigenvalue weighted by atomic mass is 19.1. The number of anilines is 1. The molecule has 3 atom stereocenters. The molecule has 30 heavy (non-hydrogen) atoms. The van der Waals surface area contributed by atoms with Crippen molar-refractivity contribution in [1.82, 2.24) is 10.6 Å². The van der Waals surface area contributed by atoms with Gasteiger partial charge in [-0.2, -0.15) is 0 Å². The van der Waals surface area contributed by atoms with E-state index < -0.39 is 30.1 Å². The molecule has 2 aromatic carbocycles. The van der Waals surface area contributed by atoms with Gasteiger partial charge in [0, 0.05) is 6.54 Å². The zero-order valence-electron chi connectivity index (χ0n) is 16.3. The van der Waals surface area contributed by atoms with E-state index in [4.69, 9.17) is 4.74 Å². The molecule has 0 saturated carbocycles. The Labute approximate surface area is 173 Å². The number of aliphatic hydroxyl groups is 1. The maximum Gasteiger partial charge on any atom is 0.319 e. The van der Waals surface area contributed by atoms with E-state index in [0.717, 1.165) is 5.56 Å². The van der Waals surface area contributed by atoms with Gasteiger partial charge in [0.15, 0.2) is 0 Å². The highest BCUT2D eigenvalue weighted by Crippen LogP contribution is 2.17. The summed E-state index contributed by atoms with van der Waals surface area (Å²) in [6.45, 7) is 0.0665. The minimum absolute atomic E-state index is 0.0456. The van der Waals surface area contributed by atoms with Crippen LogP contribution < -0.4 is 16.0 Å². The van der Waals surface area contributed by atoms with Crippen molar-refractivity contribution in [2.24, 2.45) is 0 Å². The highest BCUT2D eigenvalue weighted by molar-refractivity contribution is 5.89. The molecule has 0 spiro atoms. The molecule has 0 radical (unpaired) electrons. The van der Waals surface area contributed by atoms with Gasteiger partial charge in [0.1, 0.15) is 11.9 Å². The smallest absolute Gasteiger partial charge is 0.319 e. The van der Waals surface area contributed by atoms with Gasteiger partial charge in [0.2, 0.25) is 5.91 Å². The molecule has 0 fully saturated rings. The van der Waals surface area contributed by atoms with Gasteiger partial charge in [-0.25, -0.2) is 9.18 Å². The highest BCUT2D eigenvalue weighted by Gasteiger charge is 2.29. The molecule has 0 saturated heterocycles. The molecule has 4 N–H and O–H groups in total. The van der Waals surface area contributed by atoms with Crippen molar-refractivity contribution in [3.8, 4) is 0 Å². The van der Waals surface area contributed by atoms with Crippen LogP contribution in [-0.4, -0.2) is 41.9 Å². The third kappa shape index (κ3) is 6.13. The number of carbonyl (C=O) groups is 2. The molecule has 0 bridgehead atoms. The fourth-order valence-electron chi connectivity index (χ4n) is 3.06. The van der Waals surface area contributed by atoms with E-state index >= 15 is 0 Å². The predicted molar refractivity (Wildman–Crippen MR) is 110 cm³/mol. The summed E-state index contributed by atoms with van der Waals surface area (Å²) < 4.78 is 19.4. The van der Waals surface area contributed by atoms with Gasteiger partial charge in [-0.15, -0.1) is 0 Å². The van der Waals surface area contributed by atoms with Crippen molar-refractivity contribution in [3.63, 3.8) is 0 Å². The first-order valence-electron chi connectivity index (χ1n) is 9.62. The fraction of sp³-hybridized carbons (Fsp3) is 0.273. The van der Waals surface area contributed by atoms with Gasteiger partial charge >= 0.3 is 6.03 Å². The van der Waals surface area contributed by atoms with E-state index in [0.29, 0.717) is 6.54 Å². The van der Waals surface area contributed by atoms with Crippen molar-refractivity contribution in [1.29, 1.82) is 0 Å². The predicted octanol–water partition coefficient (Wildman–Crippen LogP) is 2.34. The number of nitrogens with one attached hydrogen (secondary N) is 3. The van der Waals surface area contributed by atoms with Crippen LogP contribution in [0.4, 0.5) is 14.9 Å². The summed E-state index contributed by atoms with van der Waals surface area (Å²) in [6, 6.07) is 14.1. The normalized spacial score (nSPS) is 20.4. The maximum atomic E-state index is 13.7. The Hall–Kier alpha value is -3.23. The lowest BCUT2D eigenvalue weighted by atomic mass is 10.0. The van der Waals surface area contributed by atoms with E-state index in [9.17, 15) is 19.1 Å². The van der Waals surface area contributed by atoms with Crippen LogP contribution >= 0.6 is 0 Å². The second kappa shape index (κ2) is 10.5. The maximum absolute atomic E-state index is 13.7. The van der Waals surface area contributed by atoms with E-state index in [1.807, 2.05) is 30.3 Å². The van der Waals surface area contributed by atoms with Crippen molar-refractivity contribution in [3.05, 3.63) is 78.1 Å². The molecule has 8 heteroatoms. The Morgan fingerprint density at radius 2 is 1.77 bits per heavy atom. The van der Waals surface area contributed by atoms with Crippen LogP contribution in [0.1, 0.15) is 12.0 Å². The van der Waals surface area contributed by atoms with Gasteiger partial charge < -0.3 is 25.8 Å². The summed E-state index contributed by atoms with van der Waals surface area (Å²) in [5.74, 6) is -0.739. The summed E-state index contributed by atoms with van der Waals surface area (Å²) in [5, 5.41) is 17.5. The zero-order chi connectivity index (χ0) is 21.3. The molecular formula is C22H24FN3O4. The van der Waals surface area contributed by atoms with Crippen LogP contribution in [-0.2, 0) is 16.1 Å². The summed E-state index contributed by atoms with van der Waals surface area (Å²) in [5.41, 5.74) is 1.04. The standard InChI is InChI=1S/C22H24FN3O4/c23-17-8-4-5-9-18(17)25-22(29)26-19-11-10-16(30-20(19)14-27)12-21(28)24-13-15-6-2-1-3-7-15/h1-11,16,19-20,27H,12-14H2,(H,24,28)(H2,25,26,29)/t16-,19-,20+/m1/s1. The average Bonchev–Trinajstić information content (AvgIpc) is 2.75. The quantitative estimate of drug-likeness (QED) is 0.524. The molecule has 1 heterocycles. The number of para-hydroxylation sites is 1. The molecule has 3 rings (SSSR count). The summed E-state index contributed by atoms with van der Waals surface area (Å²) in [7, 11) is 0. The number of hydrogen-bond donors (Lipinski definition) is 4. The Kier molecular flexibility index (Phi) is 7.53. The molecule has 0 aliphatic carbocycles. The lowest BCUT2D eigenvalue weighted by Gasteiger charge is -2.31. The molecule has 0 aromatic heterocycles. The number of rotatable bonds is 7. The van der Waals surface area contributed by atoms with E-state index in [2.05, 4.69) is 16.0 Å². The van der Waals surface area contributed by atoms with Gasteiger partial charge in [-0.1, -0.05) is 54.6 Å². The second-order valence-corrected chi connectivity index (χ2v) is 6.85. The topological polar surface area (TPSA) is 99.7 Å². The second-order valence-electron chi connectivity index (χ2n) is 6.85. The molecular weight excluding hydrogens is 389 g/mol. The third-order valence-corrected chi connectivity index (χ3v) is 4.60. The Morgan fingerprint density at radius 3 is 2.50 bits per heavy atom. The summed E-state index contributed by atoms with van der Waals surface area (Å²) in [6.07, 6.45) is 2.18. The summed E-state index contributed by atoms with van der Waals surface area (Å²) >= 11 is 0. The number of hydrogen-bond acceptors (Lipinski definition) is 4. The Bertz CT molecular complexity index is 891. The van der Waals surface area contributed by atoms with Gasteiger partial charge in [-0.3, -0.25) is 4.79 Å². The van der Waals surface area contributed by atoms with Crippen LogP contribution in [0, 0.1) is 5.82 Å². The number of halogens is 1. The summed E-state index contributed by atoms with van der Waals surface area (Å²) in [4.78, 5) is 24.3. The first-order chi connectivity index (χ1) is 14.5. The lowest BCUT2D eigenvalue weighted by molar-refractivity contribution is -0.125. The van der Waals surface area contributed by atoms with Crippen LogP contribution in [0.2, 0.25) is 0 Å². The number of carbonyl (C=O) groups excluding carboxylic acids is 2. The van der Waals surface area contributed by atoms with Crippen LogP contribution in [0.3, 0.4) is 0 Å². The number of amides is 3. The minimum atomic E-state index is -0.728. The van der Waals surface area contributed by atoms with Crippen molar-refractivity contribution >= 4 is 17.6 Å². The van der Waals surface area contributed by atoms with E-state index in [1.54, 1.807) is 18.2 Å². The molecule has 7 nitrogen and oxygen atoms in total. The third-order valence-electron chi connectivity index (χ3n) is 4.60. The van der Waals surface area contributed by atoms with Crippen LogP contribution in [0.25, 0.3) is 0 Å². The molecule has 0 unspecified atom stereocenters. The number of aliphatic hydroxyl groups excluding tert-OH is 1. The first-order valence-corrected chi connectivity index (χ1v) is 9.62. The Balaban J connectivity index is 1.50. The molecule has 2 aromatic rings. The zero-order valence-corrected chi connectivity index (χ0v) is 16.3. The van der Waals surface area contributed by atoms with Crippen LogP contribution in [0.15, 0.2) is 66.7 Å². The molecule has 1 aliphatic rings. The van der Waals surface area contributed by atoms with Crippen molar-refractivity contribution in [2.75, 3.05) is 11.9 Å². The monoisotopic (exact) mass is 413 g/mol.